The number of sulfonamides is 1. The second-order valence-electron chi connectivity index (χ2n) is 6.27. The van der Waals surface area contributed by atoms with Gasteiger partial charge in [-0.1, -0.05) is 32.3 Å². The van der Waals surface area contributed by atoms with Crippen LogP contribution < -0.4 is 0 Å². The molecule has 2 heterocycles. The predicted octanol–water partition coefficient (Wildman–Crippen LogP) is 2.58. The molecule has 0 bridgehead atoms. The lowest BCUT2D eigenvalue weighted by Gasteiger charge is -2.31. The van der Waals surface area contributed by atoms with Gasteiger partial charge in [-0.25, -0.2) is 12.7 Å². The average molecular weight is 329 g/mol. The highest BCUT2D eigenvalue weighted by molar-refractivity contribution is 7.89. The minimum atomic E-state index is -3.20. The Labute approximate surface area is 133 Å². The van der Waals surface area contributed by atoms with Crippen LogP contribution >= 0.6 is 0 Å². The highest BCUT2D eigenvalue weighted by atomic mass is 32.2. The summed E-state index contributed by atoms with van der Waals surface area (Å²) in [6.45, 7) is 7.14. The summed E-state index contributed by atoms with van der Waals surface area (Å²) in [4.78, 5) is 4.36. The Bertz CT molecular complexity index is 570. The summed E-state index contributed by atoms with van der Waals surface area (Å²) in [5, 5.41) is 4.01. The van der Waals surface area contributed by atoms with E-state index in [4.69, 9.17) is 4.52 Å². The molecular formula is C15H27N3O3S. The van der Waals surface area contributed by atoms with Gasteiger partial charge in [0.1, 0.15) is 0 Å². The van der Waals surface area contributed by atoms with Gasteiger partial charge in [-0.3, -0.25) is 0 Å². The topological polar surface area (TPSA) is 76.3 Å². The highest BCUT2D eigenvalue weighted by Gasteiger charge is 2.32. The predicted molar refractivity (Wildman–Crippen MR) is 85.1 cm³/mol. The third kappa shape index (κ3) is 4.29. The van der Waals surface area contributed by atoms with E-state index in [9.17, 15) is 8.42 Å². The second kappa shape index (κ2) is 7.55. The van der Waals surface area contributed by atoms with Gasteiger partial charge in [0.2, 0.25) is 15.9 Å². The molecular weight excluding hydrogens is 302 g/mol. The molecule has 0 aliphatic carbocycles. The maximum absolute atomic E-state index is 12.6. The Morgan fingerprint density at radius 1 is 1.41 bits per heavy atom. The van der Waals surface area contributed by atoms with Crippen molar-refractivity contribution in [1.82, 2.24) is 14.4 Å². The first-order chi connectivity index (χ1) is 10.5. The maximum Gasteiger partial charge on any atom is 0.226 e. The molecule has 2 rings (SSSR count). The Morgan fingerprint density at radius 2 is 2.18 bits per heavy atom. The fourth-order valence-corrected chi connectivity index (χ4v) is 4.94. The van der Waals surface area contributed by atoms with Crippen LogP contribution in [-0.2, 0) is 16.4 Å². The lowest BCUT2D eigenvalue weighted by atomic mass is 9.99. The van der Waals surface area contributed by atoms with Crippen LogP contribution in [0.4, 0.5) is 0 Å². The van der Waals surface area contributed by atoms with Crippen molar-refractivity contribution in [3.05, 3.63) is 11.7 Å². The molecule has 0 radical (unpaired) electrons. The van der Waals surface area contributed by atoms with Crippen LogP contribution in [0.2, 0.25) is 0 Å². The van der Waals surface area contributed by atoms with E-state index in [0.29, 0.717) is 31.2 Å². The van der Waals surface area contributed by atoms with Gasteiger partial charge in [0.15, 0.2) is 5.82 Å². The van der Waals surface area contributed by atoms with Crippen LogP contribution in [0, 0.1) is 5.92 Å². The monoisotopic (exact) mass is 329 g/mol. The Kier molecular flexibility index (Phi) is 5.97. The molecule has 1 fully saturated rings. The Morgan fingerprint density at radius 3 is 2.82 bits per heavy atom. The van der Waals surface area contributed by atoms with E-state index in [1.54, 1.807) is 4.31 Å². The van der Waals surface area contributed by atoms with E-state index in [2.05, 4.69) is 17.1 Å². The summed E-state index contributed by atoms with van der Waals surface area (Å²) < 4.78 is 31.9. The number of aromatic nitrogens is 2. The fraction of sp³-hybridized carbons (Fsp3) is 0.867. The van der Waals surface area contributed by atoms with E-state index in [-0.39, 0.29) is 17.6 Å². The van der Waals surface area contributed by atoms with Crippen molar-refractivity contribution in [3.8, 4) is 0 Å². The normalized spacial score (nSPS) is 21.9. The molecule has 0 spiro atoms. The van der Waals surface area contributed by atoms with Gasteiger partial charge in [-0.15, -0.1) is 0 Å². The second-order valence-corrected chi connectivity index (χ2v) is 8.28. The molecule has 2 atom stereocenters. The largest absolute Gasteiger partial charge is 0.339 e. The van der Waals surface area contributed by atoms with E-state index >= 15 is 0 Å². The number of aryl methyl sites for hydroxylation is 1. The van der Waals surface area contributed by atoms with Crippen molar-refractivity contribution < 1.29 is 12.9 Å². The van der Waals surface area contributed by atoms with Crippen molar-refractivity contribution in [3.63, 3.8) is 0 Å². The molecule has 126 valence electrons. The minimum absolute atomic E-state index is 0.0501. The van der Waals surface area contributed by atoms with Crippen LogP contribution in [0.1, 0.15) is 64.1 Å². The summed E-state index contributed by atoms with van der Waals surface area (Å²) in [5.74, 6) is 1.76. The SMILES string of the molecule is CCCC(C)CS(=O)(=O)N1CCCC(c2noc(CC)n2)C1. The van der Waals surface area contributed by atoms with Crippen LogP contribution in [0.25, 0.3) is 0 Å². The number of hydrogen-bond donors (Lipinski definition) is 0. The molecule has 1 aromatic rings. The van der Waals surface area contributed by atoms with E-state index < -0.39 is 10.0 Å². The first-order valence-corrected chi connectivity index (χ1v) is 9.87. The summed E-state index contributed by atoms with van der Waals surface area (Å²) in [6, 6.07) is 0. The van der Waals surface area contributed by atoms with Crippen molar-refractivity contribution in [1.29, 1.82) is 0 Å². The number of piperidine rings is 1. The van der Waals surface area contributed by atoms with Gasteiger partial charge in [0, 0.05) is 25.4 Å². The number of rotatable bonds is 7. The first-order valence-electron chi connectivity index (χ1n) is 8.26. The molecule has 0 saturated carbocycles. The summed E-state index contributed by atoms with van der Waals surface area (Å²) >= 11 is 0. The molecule has 2 unspecified atom stereocenters. The van der Waals surface area contributed by atoms with Gasteiger partial charge in [0.05, 0.1) is 5.75 Å². The van der Waals surface area contributed by atoms with E-state index in [1.165, 1.54) is 0 Å². The Hall–Kier alpha value is -0.950. The van der Waals surface area contributed by atoms with Crippen molar-refractivity contribution in [2.45, 2.75) is 58.8 Å². The van der Waals surface area contributed by atoms with Crippen LogP contribution in [0.5, 0.6) is 0 Å². The molecule has 22 heavy (non-hydrogen) atoms. The third-order valence-corrected chi connectivity index (χ3v) is 6.31. The van der Waals surface area contributed by atoms with Gasteiger partial charge >= 0.3 is 0 Å². The smallest absolute Gasteiger partial charge is 0.226 e. The molecule has 0 N–H and O–H groups in total. The lowest BCUT2D eigenvalue weighted by molar-refractivity contribution is 0.298. The standard InChI is InChI=1S/C15H27N3O3S/c1-4-7-12(3)11-22(19,20)18-9-6-8-13(10-18)15-16-14(5-2)21-17-15/h12-13H,4-11H2,1-3H3. The van der Waals surface area contributed by atoms with Gasteiger partial charge in [-0.05, 0) is 25.2 Å². The van der Waals surface area contributed by atoms with Gasteiger partial charge in [-0.2, -0.15) is 4.98 Å². The van der Waals surface area contributed by atoms with E-state index in [1.807, 2.05) is 13.8 Å². The molecule has 1 aliphatic heterocycles. The van der Waals surface area contributed by atoms with Gasteiger partial charge in [0.25, 0.3) is 0 Å². The zero-order chi connectivity index (χ0) is 16.2. The molecule has 0 amide bonds. The lowest BCUT2D eigenvalue weighted by Crippen LogP contribution is -2.41. The van der Waals surface area contributed by atoms with Crippen molar-refractivity contribution in [2.75, 3.05) is 18.8 Å². The quantitative estimate of drug-likeness (QED) is 0.768. The molecule has 1 aromatic heterocycles. The van der Waals surface area contributed by atoms with Crippen LogP contribution in [-0.4, -0.2) is 41.7 Å². The fourth-order valence-electron chi connectivity index (χ4n) is 3.02. The summed E-state index contributed by atoms with van der Waals surface area (Å²) in [5.41, 5.74) is 0. The van der Waals surface area contributed by atoms with Crippen LogP contribution in [0.15, 0.2) is 4.52 Å². The summed E-state index contributed by atoms with van der Waals surface area (Å²) in [6.07, 6.45) is 4.43. The molecule has 1 aliphatic rings. The highest BCUT2D eigenvalue weighted by Crippen LogP contribution is 2.27. The number of hydrogen-bond acceptors (Lipinski definition) is 5. The molecule has 7 heteroatoms. The number of nitrogens with zero attached hydrogens (tertiary/aromatic N) is 3. The molecule has 1 saturated heterocycles. The first kappa shape index (κ1) is 17.4. The molecule has 0 aromatic carbocycles. The minimum Gasteiger partial charge on any atom is -0.339 e. The molecule has 6 nitrogen and oxygen atoms in total. The van der Waals surface area contributed by atoms with Gasteiger partial charge < -0.3 is 4.52 Å². The maximum atomic E-state index is 12.6. The third-order valence-electron chi connectivity index (χ3n) is 4.21. The summed E-state index contributed by atoms with van der Waals surface area (Å²) in [7, 11) is -3.20. The average Bonchev–Trinajstić information content (AvgIpc) is 2.96. The zero-order valence-electron chi connectivity index (χ0n) is 13.8. The Balaban J connectivity index is 2.03. The van der Waals surface area contributed by atoms with E-state index in [0.717, 1.165) is 25.7 Å². The van der Waals surface area contributed by atoms with Crippen molar-refractivity contribution >= 4 is 10.0 Å². The zero-order valence-corrected chi connectivity index (χ0v) is 14.6. The van der Waals surface area contributed by atoms with Crippen molar-refractivity contribution in [2.24, 2.45) is 5.92 Å². The van der Waals surface area contributed by atoms with Crippen LogP contribution in [0.3, 0.4) is 0 Å².